The largest absolute Gasteiger partial charge is 0.477 e. The molecule has 7 heteroatoms. The van der Waals surface area contributed by atoms with Crippen molar-refractivity contribution in [2.24, 2.45) is 0 Å². The zero-order valence-corrected chi connectivity index (χ0v) is 11.5. The highest BCUT2D eigenvalue weighted by molar-refractivity contribution is 7.13. The van der Waals surface area contributed by atoms with Crippen molar-refractivity contribution in [3.8, 4) is 0 Å². The fraction of sp³-hybridized carbons (Fsp3) is 0.583. The number of amides is 1. The smallest absolute Gasteiger partial charge is 0.347 e. The number of rotatable bonds is 4. The Morgan fingerprint density at radius 2 is 2.32 bits per heavy atom. The van der Waals surface area contributed by atoms with Crippen LogP contribution in [0.15, 0.2) is 0 Å². The van der Waals surface area contributed by atoms with Crippen LogP contribution in [0, 0.1) is 6.92 Å². The first-order valence-corrected chi connectivity index (χ1v) is 7.10. The normalized spacial score (nSPS) is 19.1. The molecule has 1 aromatic heterocycles. The zero-order valence-electron chi connectivity index (χ0n) is 10.7. The molecular formula is C12H17N3O3S. The molecule has 1 aliphatic rings. The summed E-state index contributed by atoms with van der Waals surface area (Å²) in [6.45, 7) is 2.82. The fourth-order valence-electron chi connectivity index (χ4n) is 2.09. The minimum absolute atomic E-state index is 0.0376. The lowest BCUT2D eigenvalue weighted by Crippen LogP contribution is -2.46. The van der Waals surface area contributed by atoms with Crippen LogP contribution in [0.4, 0.5) is 0 Å². The molecule has 2 heterocycles. The van der Waals surface area contributed by atoms with E-state index in [1.807, 2.05) is 0 Å². The topological polar surface area (TPSA) is 91.3 Å². The molecule has 1 saturated heterocycles. The highest BCUT2D eigenvalue weighted by atomic mass is 32.1. The molecular weight excluding hydrogens is 266 g/mol. The van der Waals surface area contributed by atoms with Crippen molar-refractivity contribution in [2.45, 2.75) is 38.8 Å². The Hall–Kier alpha value is -1.47. The number of nitrogens with one attached hydrogen (secondary N) is 2. The Labute approximate surface area is 115 Å². The molecule has 0 saturated carbocycles. The summed E-state index contributed by atoms with van der Waals surface area (Å²) >= 11 is 1.11. The number of aromatic nitrogens is 1. The molecule has 2 rings (SSSR count). The van der Waals surface area contributed by atoms with Crippen LogP contribution in [0.25, 0.3) is 0 Å². The number of carbonyl (C=O) groups is 2. The van der Waals surface area contributed by atoms with Gasteiger partial charge in [0.05, 0.1) is 18.3 Å². The molecule has 0 radical (unpaired) electrons. The first kappa shape index (κ1) is 14.0. The number of hydrogen-bond acceptors (Lipinski definition) is 5. The molecule has 1 fully saturated rings. The van der Waals surface area contributed by atoms with Crippen molar-refractivity contribution in [3.63, 3.8) is 0 Å². The molecule has 0 bridgehead atoms. The molecule has 6 nitrogen and oxygen atoms in total. The maximum Gasteiger partial charge on any atom is 0.347 e. The number of carboxylic acids is 1. The molecule has 0 aromatic carbocycles. The monoisotopic (exact) mass is 283 g/mol. The van der Waals surface area contributed by atoms with Gasteiger partial charge in [-0.1, -0.05) is 6.42 Å². The van der Waals surface area contributed by atoms with Crippen molar-refractivity contribution in [1.29, 1.82) is 0 Å². The van der Waals surface area contributed by atoms with Crippen LogP contribution in [0.1, 0.15) is 39.6 Å². The Bertz CT molecular complexity index is 481. The van der Waals surface area contributed by atoms with Crippen molar-refractivity contribution in [1.82, 2.24) is 15.6 Å². The molecule has 19 heavy (non-hydrogen) atoms. The van der Waals surface area contributed by atoms with Gasteiger partial charge >= 0.3 is 5.97 Å². The third-order valence-electron chi connectivity index (χ3n) is 3.08. The Morgan fingerprint density at radius 1 is 1.53 bits per heavy atom. The van der Waals surface area contributed by atoms with Gasteiger partial charge in [0.15, 0.2) is 0 Å². The first-order valence-electron chi connectivity index (χ1n) is 6.28. The summed E-state index contributed by atoms with van der Waals surface area (Å²) in [7, 11) is 0. The molecule has 1 aromatic rings. The number of piperidine rings is 1. The van der Waals surface area contributed by atoms with Crippen molar-refractivity contribution < 1.29 is 14.7 Å². The van der Waals surface area contributed by atoms with E-state index in [4.69, 9.17) is 5.11 Å². The Balaban J connectivity index is 1.89. The summed E-state index contributed by atoms with van der Waals surface area (Å²) in [5.74, 6) is -1.01. The van der Waals surface area contributed by atoms with E-state index in [9.17, 15) is 9.59 Å². The van der Waals surface area contributed by atoms with Crippen LogP contribution in [-0.4, -0.2) is 34.6 Å². The predicted octanol–water partition coefficient (Wildman–Crippen LogP) is 0.908. The maximum absolute atomic E-state index is 11.9. The molecule has 1 atom stereocenters. The summed E-state index contributed by atoms with van der Waals surface area (Å²) in [5.41, 5.74) is 0.498. The van der Waals surface area contributed by atoms with Gasteiger partial charge in [0, 0.05) is 0 Å². The summed E-state index contributed by atoms with van der Waals surface area (Å²) in [4.78, 5) is 27.2. The second-order valence-corrected chi connectivity index (χ2v) is 5.63. The third-order valence-corrected chi connectivity index (χ3v) is 4.22. The van der Waals surface area contributed by atoms with E-state index in [0.29, 0.717) is 10.7 Å². The van der Waals surface area contributed by atoms with Gasteiger partial charge < -0.3 is 15.7 Å². The second-order valence-electron chi connectivity index (χ2n) is 4.55. The van der Waals surface area contributed by atoms with Gasteiger partial charge in [0.1, 0.15) is 9.88 Å². The Morgan fingerprint density at radius 3 is 2.89 bits per heavy atom. The van der Waals surface area contributed by atoms with Crippen LogP contribution in [0.5, 0.6) is 0 Å². The highest BCUT2D eigenvalue weighted by Crippen LogP contribution is 2.17. The van der Waals surface area contributed by atoms with Crippen LogP contribution < -0.4 is 10.6 Å². The molecule has 0 spiro atoms. The lowest BCUT2D eigenvalue weighted by atomic mass is 10.0. The number of hydrogen-bond donors (Lipinski definition) is 3. The zero-order chi connectivity index (χ0) is 13.8. The van der Waals surface area contributed by atoms with Gasteiger partial charge in [0.25, 0.3) is 0 Å². The van der Waals surface area contributed by atoms with E-state index >= 15 is 0 Å². The number of nitrogens with zero attached hydrogens (tertiary/aromatic N) is 1. The number of aromatic carboxylic acids is 1. The molecule has 1 amide bonds. The van der Waals surface area contributed by atoms with Crippen LogP contribution in [0.3, 0.4) is 0 Å². The van der Waals surface area contributed by atoms with Crippen LogP contribution >= 0.6 is 11.3 Å². The maximum atomic E-state index is 11.9. The van der Waals surface area contributed by atoms with Crippen molar-refractivity contribution in [2.75, 3.05) is 6.54 Å². The molecule has 1 unspecified atom stereocenters. The van der Waals surface area contributed by atoms with Gasteiger partial charge in [-0.25, -0.2) is 9.78 Å². The SMILES string of the molecule is Cc1nc(CNC(=O)C2CCCCN2)sc1C(=O)O. The van der Waals surface area contributed by atoms with E-state index in [2.05, 4.69) is 15.6 Å². The lowest BCUT2D eigenvalue weighted by molar-refractivity contribution is -0.123. The van der Waals surface area contributed by atoms with Gasteiger partial charge in [-0.2, -0.15) is 0 Å². The minimum Gasteiger partial charge on any atom is -0.477 e. The van der Waals surface area contributed by atoms with Gasteiger partial charge in [-0.3, -0.25) is 4.79 Å². The molecule has 104 valence electrons. The Kier molecular flexibility index (Phi) is 4.49. The van der Waals surface area contributed by atoms with E-state index in [1.165, 1.54) is 0 Å². The number of aryl methyl sites for hydroxylation is 1. The van der Waals surface area contributed by atoms with Crippen LogP contribution in [0.2, 0.25) is 0 Å². The van der Waals surface area contributed by atoms with Crippen molar-refractivity contribution in [3.05, 3.63) is 15.6 Å². The van der Waals surface area contributed by atoms with E-state index in [0.717, 1.165) is 37.1 Å². The number of carbonyl (C=O) groups excluding carboxylic acids is 1. The lowest BCUT2D eigenvalue weighted by Gasteiger charge is -2.22. The highest BCUT2D eigenvalue weighted by Gasteiger charge is 2.21. The van der Waals surface area contributed by atoms with Crippen LogP contribution in [-0.2, 0) is 11.3 Å². The number of carboxylic acid groups (broad SMARTS) is 1. The summed E-state index contributed by atoms with van der Waals surface area (Å²) in [6, 6.07) is -0.131. The molecule has 3 N–H and O–H groups in total. The number of thiazole rings is 1. The second kappa shape index (κ2) is 6.12. The predicted molar refractivity (Wildman–Crippen MR) is 71.3 cm³/mol. The molecule has 1 aliphatic heterocycles. The van der Waals surface area contributed by atoms with E-state index in [-0.39, 0.29) is 23.4 Å². The average molecular weight is 283 g/mol. The third kappa shape index (κ3) is 3.51. The van der Waals surface area contributed by atoms with Gasteiger partial charge in [-0.05, 0) is 26.3 Å². The summed E-state index contributed by atoms with van der Waals surface area (Å²) < 4.78 is 0. The summed E-state index contributed by atoms with van der Waals surface area (Å²) in [6.07, 6.45) is 3.02. The first-order chi connectivity index (χ1) is 9.08. The summed E-state index contributed by atoms with van der Waals surface area (Å²) in [5, 5.41) is 15.5. The minimum atomic E-state index is -0.971. The van der Waals surface area contributed by atoms with Crippen molar-refractivity contribution >= 4 is 23.2 Å². The quantitative estimate of drug-likeness (QED) is 0.764. The standard InChI is InChI=1S/C12H17N3O3S/c1-7-10(12(17)18)19-9(15-7)6-14-11(16)8-4-2-3-5-13-8/h8,13H,2-6H2,1H3,(H,14,16)(H,17,18). The average Bonchev–Trinajstić information content (AvgIpc) is 2.78. The fourth-order valence-corrected chi connectivity index (χ4v) is 2.93. The van der Waals surface area contributed by atoms with Gasteiger partial charge in [-0.15, -0.1) is 11.3 Å². The van der Waals surface area contributed by atoms with E-state index < -0.39 is 5.97 Å². The molecule has 0 aliphatic carbocycles. The van der Waals surface area contributed by atoms with Gasteiger partial charge in [0.2, 0.25) is 5.91 Å². The van der Waals surface area contributed by atoms with E-state index in [1.54, 1.807) is 6.92 Å².